The number of nitrogens with two attached hydrogens (primary N) is 1. The fourth-order valence-electron chi connectivity index (χ4n) is 2.04. The van der Waals surface area contributed by atoms with Crippen molar-refractivity contribution in [2.24, 2.45) is 5.73 Å². The molecule has 3 heterocycles. The molecule has 3 aromatic heterocycles. The highest BCUT2D eigenvalue weighted by molar-refractivity contribution is 7.99. The predicted octanol–water partition coefficient (Wildman–Crippen LogP) is 3.02. The molecular formula is C13H14N4S2. The number of hydrogen-bond donors (Lipinski definition) is 1. The second-order valence-corrected chi connectivity index (χ2v) is 6.23. The molecule has 2 N–H and O–H groups in total. The van der Waals surface area contributed by atoms with Crippen molar-refractivity contribution >= 4 is 28.1 Å². The van der Waals surface area contributed by atoms with Crippen molar-refractivity contribution in [1.82, 2.24) is 14.4 Å². The van der Waals surface area contributed by atoms with Gasteiger partial charge in [-0.05, 0) is 43.3 Å². The molecule has 0 atom stereocenters. The largest absolute Gasteiger partial charge is 0.325 e. The van der Waals surface area contributed by atoms with Crippen LogP contribution in [0.15, 0.2) is 33.8 Å². The molecule has 0 saturated carbocycles. The van der Waals surface area contributed by atoms with Crippen molar-refractivity contribution in [3.63, 3.8) is 0 Å². The van der Waals surface area contributed by atoms with Crippen molar-refractivity contribution in [3.8, 4) is 0 Å². The Balaban J connectivity index is 2.02. The molecule has 0 aliphatic heterocycles. The molecule has 4 nitrogen and oxygen atoms in total. The third-order valence-corrected chi connectivity index (χ3v) is 4.49. The van der Waals surface area contributed by atoms with Gasteiger partial charge in [-0.15, -0.1) is 11.3 Å². The summed E-state index contributed by atoms with van der Waals surface area (Å²) in [5.41, 5.74) is 9.13. The monoisotopic (exact) mass is 290 g/mol. The number of thiazole rings is 1. The number of fused-ring (bicyclic) bond motifs is 1. The van der Waals surface area contributed by atoms with Gasteiger partial charge in [-0.3, -0.25) is 4.40 Å². The van der Waals surface area contributed by atoms with E-state index in [4.69, 9.17) is 5.73 Å². The van der Waals surface area contributed by atoms with Gasteiger partial charge < -0.3 is 5.73 Å². The van der Waals surface area contributed by atoms with Crippen LogP contribution in [0, 0.1) is 13.8 Å². The van der Waals surface area contributed by atoms with Gasteiger partial charge in [-0.25, -0.2) is 9.97 Å². The second-order valence-electron chi connectivity index (χ2n) is 4.35. The molecule has 6 heteroatoms. The maximum Gasteiger partial charge on any atom is 0.194 e. The highest BCUT2D eigenvalue weighted by atomic mass is 32.2. The summed E-state index contributed by atoms with van der Waals surface area (Å²) in [7, 11) is 0. The minimum Gasteiger partial charge on any atom is -0.325 e. The van der Waals surface area contributed by atoms with E-state index < -0.39 is 0 Å². The number of hydrogen-bond acceptors (Lipinski definition) is 5. The number of pyridine rings is 1. The van der Waals surface area contributed by atoms with Crippen LogP contribution in [0.1, 0.15) is 17.0 Å². The van der Waals surface area contributed by atoms with Gasteiger partial charge in [-0.2, -0.15) is 0 Å². The fraction of sp³-hybridized carbons (Fsp3) is 0.231. The molecule has 3 aromatic rings. The second kappa shape index (κ2) is 4.96. The average molecular weight is 290 g/mol. The van der Waals surface area contributed by atoms with Crippen LogP contribution in [-0.2, 0) is 6.54 Å². The first kappa shape index (κ1) is 12.7. The van der Waals surface area contributed by atoms with Crippen molar-refractivity contribution in [2.75, 3.05) is 0 Å². The highest BCUT2D eigenvalue weighted by Gasteiger charge is 2.13. The van der Waals surface area contributed by atoms with Crippen LogP contribution in [0.5, 0.6) is 0 Å². The Kier molecular flexibility index (Phi) is 3.30. The minimum absolute atomic E-state index is 0.477. The van der Waals surface area contributed by atoms with E-state index in [0.717, 1.165) is 26.4 Å². The minimum atomic E-state index is 0.477. The van der Waals surface area contributed by atoms with E-state index >= 15 is 0 Å². The lowest BCUT2D eigenvalue weighted by Crippen LogP contribution is -2.01. The Morgan fingerprint density at radius 3 is 2.89 bits per heavy atom. The van der Waals surface area contributed by atoms with E-state index in [0.29, 0.717) is 6.54 Å². The number of aryl methyl sites for hydroxylation is 2. The van der Waals surface area contributed by atoms with Crippen molar-refractivity contribution in [3.05, 3.63) is 40.7 Å². The van der Waals surface area contributed by atoms with E-state index in [2.05, 4.69) is 33.4 Å². The standard InChI is InChI=1S/C13H14N4S2/c1-8-5-9(2)15-11(6-8)19-12-10(7-14)17-3-4-18-13(17)16-12/h3-6H,7,14H2,1-2H3. The van der Waals surface area contributed by atoms with E-state index in [-0.39, 0.29) is 0 Å². The van der Waals surface area contributed by atoms with Crippen molar-refractivity contribution in [2.45, 2.75) is 30.4 Å². The smallest absolute Gasteiger partial charge is 0.194 e. The lowest BCUT2D eigenvalue weighted by atomic mass is 10.3. The molecule has 0 bridgehead atoms. The number of aromatic nitrogens is 3. The van der Waals surface area contributed by atoms with Gasteiger partial charge in [-0.1, -0.05) is 0 Å². The third-order valence-electron chi connectivity index (χ3n) is 2.79. The molecule has 0 saturated heterocycles. The molecule has 0 aliphatic rings. The Bertz CT molecular complexity index is 709. The zero-order chi connectivity index (χ0) is 13.4. The number of nitrogens with zero attached hydrogens (tertiary/aromatic N) is 3. The van der Waals surface area contributed by atoms with Crippen LogP contribution in [0.25, 0.3) is 4.96 Å². The van der Waals surface area contributed by atoms with E-state index in [9.17, 15) is 0 Å². The Morgan fingerprint density at radius 1 is 1.32 bits per heavy atom. The van der Waals surface area contributed by atoms with Crippen molar-refractivity contribution in [1.29, 1.82) is 0 Å². The summed E-state index contributed by atoms with van der Waals surface area (Å²) >= 11 is 3.20. The molecule has 0 radical (unpaired) electrons. The van der Waals surface area contributed by atoms with Gasteiger partial charge in [0.05, 0.1) is 5.69 Å². The predicted molar refractivity (Wildman–Crippen MR) is 78.8 cm³/mol. The maximum atomic E-state index is 5.84. The summed E-state index contributed by atoms with van der Waals surface area (Å²) in [5.74, 6) is 0. The number of rotatable bonds is 3. The van der Waals surface area contributed by atoms with Gasteiger partial charge in [0.1, 0.15) is 10.1 Å². The SMILES string of the molecule is Cc1cc(C)nc(Sc2nc3sccn3c2CN)c1. The van der Waals surface area contributed by atoms with Crippen LogP contribution >= 0.6 is 23.1 Å². The topological polar surface area (TPSA) is 56.2 Å². The summed E-state index contributed by atoms with van der Waals surface area (Å²) in [5, 5.41) is 3.94. The molecule has 19 heavy (non-hydrogen) atoms. The first-order valence-electron chi connectivity index (χ1n) is 5.95. The molecule has 0 aromatic carbocycles. The first-order chi connectivity index (χ1) is 9.17. The van der Waals surface area contributed by atoms with Gasteiger partial charge in [0, 0.05) is 23.8 Å². The van der Waals surface area contributed by atoms with Gasteiger partial charge in [0.2, 0.25) is 0 Å². The van der Waals surface area contributed by atoms with Crippen LogP contribution in [0.4, 0.5) is 0 Å². The molecule has 0 aliphatic carbocycles. The summed E-state index contributed by atoms with van der Waals surface area (Å²) in [6, 6.07) is 4.14. The Morgan fingerprint density at radius 2 is 2.16 bits per heavy atom. The quantitative estimate of drug-likeness (QED) is 0.805. The molecular weight excluding hydrogens is 276 g/mol. The third kappa shape index (κ3) is 2.39. The van der Waals surface area contributed by atoms with Gasteiger partial charge >= 0.3 is 0 Å². The normalized spacial score (nSPS) is 11.3. The van der Waals surface area contributed by atoms with E-state index in [1.54, 1.807) is 23.1 Å². The lowest BCUT2D eigenvalue weighted by molar-refractivity contribution is 0.922. The summed E-state index contributed by atoms with van der Waals surface area (Å²) < 4.78 is 2.05. The van der Waals surface area contributed by atoms with Crippen LogP contribution in [0.3, 0.4) is 0 Å². The zero-order valence-electron chi connectivity index (χ0n) is 10.8. The Hall–Kier alpha value is -1.37. The number of imidazole rings is 1. The van der Waals surface area contributed by atoms with Crippen LogP contribution < -0.4 is 5.73 Å². The lowest BCUT2D eigenvalue weighted by Gasteiger charge is -2.03. The van der Waals surface area contributed by atoms with Gasteiger partial charge in [0.15, 0.2) is 4.96 Å². The average Bonchev–Trinajstić information content (AvgIpc) is 2.87. The molecule has 0 fully saturated rings. The molecule has 0 unspecified atom stereocenters. The van der Waals surface area contributed by atoms with Crippen LogP contribution in [0.2, 0.25) is 0 Å². The molecule has 0 spiro atoms. The van der Waals surface area contributed by atoms with Crippen molar-refractivity contribution < 1.29 is 0 Å². The van der Waals surface area contributed by atoms with E-state index in [1.807, 2.05) is 18.5 Å². The first-order valence-corrected chi connectivity index (χ1v) is 7.64. The van der Waals surface area contributed by atoms with E-state index in [1.165, 1.54) is 5.56 Å². The molecule has 0 amide bonds. The zero-order valence-corrected chi connectivity index (χ0v) is 12.4. The summed E-state index contributed by atoms with van der Waals surface area (Å²) in [6.45, 7) is 4.56. The maximum absolute atomic E-state index is 5.84. The van der Waals surface area contributed by atoms with Gasteiger partial charge in [0.25, 0.3) is 0 Å². The highest BCUT2D eigenvalue weighted by Crippen LogP contribution is 2.31. The molecule has 3 rings (SSSR count). The summed E-state index contributed by atoms with van der Waals surface area (Å²) in [4.78, 5) is 10.1. The summed E-state index contributed by atoms with van der Waals surface area (Å²) in [6.07, 6.45) is 2.01. The van der Waals surface area contributed by atoms with Crippen LogP contribution in [-0.4, -0.2) is 14.4 Å². The fourth-order valence-corrected chi connectivity index (χ4v) is 3.89. The molecule has 98 valence electrons. The Labute approximate surface area is 119 Å².